The lowest BCUT2D eigenvalue weighted by atomic mass is 10.2. The number of benzene rings is 1. The van der Waals surface area contributed by atoms with Gasteiger partial charge in [-0.1, -0.05) is 44.2 Å². The van der Waals surface area contributed by atoms with Gasteiger partial charge in [-0.3, -0.25) is 9.79 Å². The Kier molecular flexibility index (Phi) is 9.11. The van der Waals surface area contributed by atoms with E-state index < -0.39 is 0 Å². The maximum absolute atomic E-state index is 12.1. The van der Waals surface area contributed by atoms with Crippen molar-refractivity contribution in [1.82, 2.24) is 15.5 Å². The fourth-order valence-corrected chi connectivity index (χ4v) is 3.15. The maximum atomic E-state index is 12.1. The van der Waals surface area contributed by atoms with Crippen molar-refractivity contribution in [3.05, 3.63) is 35.9 Å². The van der Waals surface area contributed by atoms with E-state index in [0.29, 0.717) is 0 Å². The second-order valence-electron chi connectivity index (χ2n) is 7.27. The van der Waals surface area contributed by atoms with Crippen LogP contribution in [0.1, 0.15) is 32.3 Å². The molecule has 1 heterocycles. The van der Waals surface area contributed by atoms with Crippen molar-refractivity contribution in [1.29, 1.82) is 0 Å². The van der Waals surface area contributed by atoms with Gasteiger partial charge in [0.2, 0.25) is 5.91 Å². The number of carbonyl (C=O) groups is 1. The van der Waals surface area contributed by atoms with Gasteiger partial charge in [0.15, 0.2) is 5.96 Å². The van der Waals surface area contributed by atoms with Crippen LogP contribution in [0.4, 0.5) is 0 Å². The van der Waals surface area contributed by atoms with Gasteiger partial charge in [-0.05, 0) is 24.8 Å². The normalized spacial score (nSPS) is 17.4. The van der Waals surface area contributed by atoms with Gasteiger partial charge in [0.05, 0.1) is 6.61 Å². The fourth-order valence-electron chi connectivity index (χ4n) is 3.15. The Morgan fingerprint density at radius 2 is 2.07 bits per heavy atom. The van der Waals surface area contributed by atoms with Crippen LogP contribution in [0.3, 0.4) is 0 Å². The summed E-state index contributed by atoms with van der Waals surface area (Å²) in [6.45, 7) is 7.76. The lowest BCUT2D eigenvalue weighted by Gasteiger charge is -2.20. The lowest BCUT2D eigenvalue weighted by Crippen LogP contribution is -2.45. The summed E-state index contributed by atoms with van der Waals surface area (Å²) >= 11 is 0. The standard InChI is InChI=1S/C21H34N4O2/c1-17(2)20(26)25-13-10-19(16-25)24-21(22-3)23-12-7-14-27-15-11-18-8-5-4-6-9-18/h4-6,8-9,17,19H,7,10-16H2,1-3H3,(H2,22,23,24). The number of likely N-dealkylation sites (tertiary alicyclic amines) is 1. The van der Waals surface area contributed by atoms with Gasteiger partial charge in [-0.2, -0.15) is 0 Å². The molecule has 1 aromatic rings. The molecule has 150 valence electrons. The Bertz CT molecular complexity index is 589. The predicted molar refractivity (Wildman–Crippen MR) is 110 cm³/mol. The number of guanidine groups is 1. The highest BCUT2D eigenvalue weighted by atomic mass is 16.5. The van der Waals surface area contributed by atoms with Crippen molar-refractivity contribution in [2.45, 2.75) is 39.2 Å². The molecule has 1 aromatic carbocycles. The molecular formula is C21H34N4O2. The first-order chi connectivity index (χ1) is 13.1. The summed E-state index contributed by atoms with van der Waals surface area (Å²) in [4.78, 5) is 18.3. The smallest absolute Gasteiger partial charge is 0.225 e. The van der Waals surface area contributed by atoms with Crippen LogP contribution in [0.5, 0.6) is 0 Å². The molecule has 1 unspecified atom stereocenters. The van der Waals surface area contributed by atoms with E-state index in [2.05, 4.69) is 39.9 Å². The third kappa shape index (κ3) is 7.59. The first kappa shape index (κ1) is 21.2. The summed E-state index contributed by atoms with van der Waals surface area (Å²) in [5.74, 6) is 1.08. The number of amides is 1. The van der Waals surface area contributed by atoms with E-state index in [1.54, 1.807) is 7.05 Å². The number of rotatable bonds is 9. The Labute approximate surface area is 163 Å². The van der Waals surface area contributed by atoms with Crippen LogP contribution in [0.2, 0.25) is 0 Å². The zero-order chi connectivity index (χ0) is 19.5. The second kappa shape index (κ2) is 11.6. The largest absolute Gasteiger partial charge is 0.381 e. The number of hydrogen-bond donors (Lipinski definition) is 2. The van der Waals surface area contributed by atoms with Crippen molar-refractivity contribution in [3.63, 3.8) is 0 Å². The first-order valence-electron chi connectivity index (χ1n) is 9.97. The van der Waals surface area contributed by atoms with Gasteiger partial charge in [-0.25, -0.2) is 0 Å². The monoisotopic (exact) mass is 374 g/mol. The van der Waals surface area contributed by atoms with Gasteiger partial charge in [0.1, 0.15) is 0 Å². The summed E-state index contributed by atoms with van der Waals surface area (Å²) in [5, 5.41) is 6.74. The SMILES string of the molecule is CN=C(NCCCOCCc1ccccc1)NC1CCN(C(=O)C(C)C)C1. The minimum absolute atomic E-state index is 0.0584. The molecule has 6 nitrogen and oxygen atoms in total. The number of hydrogen-bond acceptors (Lipinski definition) is 3. The average Bonchev–Trinajstić information content (AvgIpc) is 3.14. The average molecular weight is 375 g/mol. The van der Waals surface area contributed by atoms with E-state index in [1.807, 2.05) is 24.8 Å². The third-order valence-corrected chi connectivity index (χ3v) is 4.69. The second-order valence-corrected chi connectivity index (χ2v) is 7.27. The molecule has 1 saturated heterocycles. The number of aliphatic imine (C=N–C) groups is 1. The highest BCUT2D eigenvalue weighted by molar-refractivity contribution is 5.81. The minimum Gasteiger partial charge on any atom is -0.381 e. The van der Waals surface area contributed by atoms with Gasteiger partial charge in [0.25, 0.3) is 0 Å². The summed E-state index contributed by atoms with van der Waals surface area (Å²) in [6.07, 6.45) is 2.84. The van der Waals surface area contributed by atoms with Crippen molar-refractivity contribution in [2.75, 3.05) is 39.9 Å². The summed E-state index contributed by atoms with van der Waals surface area (Å²) in [6, 6.07) is 10.7. The summed E-state index contributed by atoms with van der Waals surface area (Å²) in [5.41, 5.74) is 1.31. The molecule has 1 atom stereocenters. The number of ether oxygens (including phenoxy) is 1. The molecule has 0 aromatic heterocycles. The Morgan fingerprint density at radius 3 is 2.78 bits per heavy atom. The zero-order valence-electron chi connectivity index (χ0n) is 16.9. The predicted octanol–water partition coefficient (Wildman–Crippen LogP) is 2.06. The van der Waals surface area contributed by atoms with Crippen LogP contribution in [0, 0.1) is 5.92 Å². The van der Waals surface area contributed by atoms with E-state index in [4.69, 9.17) is 4.74 Å². The first-order valence-corrected chi connectivity index (χ1v) is 9.97. The number of nitrogens with one attached hydrogen (secondary N) is 2. The van der Waals surface area contributed by atoms with Gasteiger partial charge >= 0.3 is 0 Å². The number of carbonyl (C=O) groups excluding carboxylic acids is 1. The molecule has 6 heteroatoms. The van der Waals surface area contributed by atoms with Crippen LogP contribution < -0.4 is 10.6 Å². The molecule has 27 heavy (non-hydrogen) atoms. The molecule has 2 rings (SSSR count). The zero-order valence-corrected chi connectivity index (χ0v) is 16.9. The maximum Gasteiger partial charge on any atom is 0.225 e. The van der Waals surface area contributed by atoms with Crippen molar-refractivity contribution in [3.8, 4) is 0 Å². The van der Waals surface area contributed by atoms with Gasteiger partial charge < -0.3 is 20.3 Å². The van der Waals surface area contributed by atoms with Gasteiger partial charge in [-0.15, -0.1) is 0 Å². The summed E-state index contributed by atoms with van der Waals surface area (Å²) < 4.78 is 5.70. The minimum atomic E-state index is 0.0584. The molecule has 0 radical (unpaired) electrons. The molecule has 0 saturated carbocycles. The molecule has 0 spiro atoms. The molecule has 0 aliphatic carbocycles. The van der Waals surface area contributed by atoms with Crippen molar-refractivity contribution in [2.24, 2.45) is 10.9 Å². The Balaban J connectivity index is 1.55. The van der Waals surface area contributed by atoms with E-state index in [-0.39, 0.29) is 17.9 Å². The van der Waals surface area contributed by atoms with Crippen molar-refractivity contribution >= 4 is 11.9 Å². The molecular weight excluding hydrogens is 340 g/mol. The van der Waals surface area contributed by atoms with E-state index in [0.717, 1.165) is 58.1 Å². The number of nitrogens with zero attached hydrogens (tertiary/aromatic N) is 2. The molecule has 0 bridgehead atoms. The van der Waals surface area contributed by atoms with E-state index >= 15 is 0 Å². The Hall–Kier alpha value is -2.08. The van der Waals surface area contributed by atoms with Crippen LogP contribution >= 0.6 is 0 Å². The molecule has 1 amide bonds. The fraction of sp³-hybridized carbons (Fsp3) is 0.619. The Morgan fingerprint density at radius 1 is 1.30 bits per heavy atom. The van der Waals surface area contributed by atoms with Crippen LogP contribution in [0.15, 0.2) is 35.3 Å². The van der Waals surface area contributed by atoms with Crippen LogP contribution in [-0.2, 0) is 16.0 Å². The highest BCUT2D eigenvalue weighted by Gasteiger charge is 2.27. The van der Waals surface area contributed by atoms with Crippen molar-refractivity contribution < 1.29 is 9.53 Å². The quantitative estimate of drug-likeness (QED) is 0.394. The molecule has 1 aliphatic heterocycles. The molecule has 1 aliphatic rings. The summed E-state index contributed by atoms with van der Waals surface area (Å²) in [7, 11) is 1.78. The van der Waals surface area contributed by atoms with Crippen LogP contribution in [-0.4, -0.2) is 62.7 Å². The van der Waals surface area contributed by atoms with E-state index in [1.165, 1.54) is 5.56 Å². The topological polar surface area (TPSA) is 66.0 Å². The van der Waals surface area contributed by atoms with Gasteiger partial charge in [0, 0.05) is 45.2 Å². The third-order valence-electron chi connectivity index (χ3n) is 4.69. The van der Waals surface area contributed by atoms with Crippen LogP contribution in [0.25, 0.3) is 0 Å². The lowest BCUT2D eigenvalue weighted by molar-refractivity contribution is -0.133. The highest BCUT2D eigenvalue weighted by Crippen LogP contribution is 2.12. The molecule has 2 N–H and O–H groups in total. The molecule has 1 fully saturated rings. The van der Waals surface area contributed by atoms with E-state index in [9.17, 15) is 4.79 Å².